The van der Waals surface area contributed by atoms with Gasteiger partial charge in [-0.25, -0.2) is 0 Å². The summed E-state index contributed by atoms with van der Waals surface area (Å²) in [5, 5.41) is 55.1. The number of fused-ring (bicyclic) bond motifs is 7. The molecule has 0 amide bonds. The third-order valence-corrected chi connectivity index (χ3v) is 12.3. The average Bonchev–Trinajstić information content (AvgIpc) is 3.46. The fourth-order valence-corrected chi connectivity index (χ4v) is 10.3. The van der Waals surface area contributed by atoms with Crippen molar-refractivity contribution in [3.63, 3.8) is 0 Å². The lowest BCUT2D eigenvalue weighted by Gasteiger charge is -2.65. The quantitative estimate of drug-likeness (QED) is 0.318. The molecule has 39 heavy (non-hydrogen) atoms. The minimum absolute atomic E-state index is 0.00484. The van der Waals surface area contributed by atoms with Crippen molar-refractivity contribution in [2.24, 2.45) is 34.5 Å². The van der Waals surface area contributed by atoms with Gasteiger partial charge in [-0.15, -0.1) is 0 Å². The maximum Gasteiger partial charge on any atom is 0.245 e. The maximum atomic E-state index is 12.5. The molecule has 0 aromatic heterocycles. The number of ether oxygens (including phenoxy) is 4. The van der Waals surface area contributed by atoms with E-state index >= 15 is 0 Å². The molecule has 4 aliphatic carbocycles. The van der Waals surface area contributed by atoms with Crippen LogP contribution in [0, 0.1) is 34.5 Å². The van der Waals surface area contributed by atoms with E-state index in [4.69, 9.17) is 18.9 Å². The summed E-state index contributed by atoms with van der Waals surface area (Å²) >= 11 is 0. The van der Waals surface area contributed by atoms with Crippen LogP contribution in [0.4, 0.5) is 0 Å². The molecule has 10 nitrogen and oxygen atoms in total. The smallest absolute Gasteiger partial charge is 0.245 e. The fraction of sp³-hybridized carbons (Fsp3) is 0.897. The van der Waals surface area contributed by atoms with Gasteiger partial charge in [0, 0.05) is 35.9 Å². The van der Waals surface area contributed by atoms with Gasteiger partial charge in [0.1, 0.15) is 11.9 Å². The van der Waals surface area contributed by atoms with E-state index in [1.165, 1.54) is 0 Å². The summed E-state index contributed by atoms with van der Waals surface area (Å²) in [5.74, 6) is -1.12. The van der Waals surface area contributed by atoms with Gasteiger partial charge in [0.2, 0.25) is 12.1 Å². The van der Waals surface area contributed by atoms with Gasteiger partial charge in [0.15, 0.2) is 12.4 Å². The molecule has 0 aromatic rings. The van der Waals surface area contributed by atoms with Crippen LogP contribution in [0.15, 0.2) is 11.8 Å². The summed E-state index contributed by atoms with van der Waals surface area (Å²) in [5.41, 5.74) is -1.84. The first-order chi connectivity index (χ1) is 18.6. The molecule has 6 fully saturated rings. The topological polar surface area (TPSA) is 155 Å². The standard InChI is InChI=1S/C29H42O10/c1-26-6-4-18-19(28(26,34)7-5-20(26)21-9-16(32)13-36-21)3-2-15-8-22-23(11-27(15,18)14-31)39-29(35)24(33)10-17(12-30)37-25(29)38-22/h9,15,17-20,22-25,30-31,33-35H,2-8,10-14H2,1H3. The van der Waals surface area contributed by atoms with Crippen LogP contribution in [0.5, 0.6) is 0 Å². The minimum atomic E-state index is -2.04. The summed E-state index contributed by atoms with van der Waals surface area (Å²) in [6.45, 7) is 1.90. The van der Waals surface area contributed by atoms with Crippen molar-refractivity contribution < 1.29 is 49.3 Å². The fourth-order valence-electron chi connectivity index (χ4n) is 10.3. The van der Waals surface area contributed by atoms with E-state index in [2.05, 4.69) is 6.92 Å². The zero-order valence-electron chi connectivity index (χ0n) is 22.5. The number of ketones is 1. The van der Waals surface area contributed by atoms with Crippen LogP contribution in [0.3, 0.4) is 0 Å². The number of hydrogen-bond donors (Lipinski definition) is 5. The Morgan fingerprint density at radius 3 is 2.54 bits per heavy atom. The Balaban J connectivity index is 1.17. The van der Waals surface area contributed by atoms with E-state index in [1.807, 2.05) is 0 Å². The number of carbonyl (C=O) groups is 1. The van der Waals surface area contributed by atoms with Crippen LogP contribution < -0.4 is 0 Å². The SMILES string of the molecule is CC12CCC3C(CCC4CC5OC6OC(CO)CC(O)C6(O)OC5CC43CO)C1(O)CCC2C1=CC(=O)CO1. The molecular weight excluding hydrogens is 508 g/mol. The van der Waals surface area contributed by atoms with Gasteiger partial charge in [-0.2, -0.15) is 0 Å². The molecule has 0 bridgehead atoms. The molecule has 10 heteroatoms. The zero-order valence-corrected chi connectivity index (χ0v) is 22.5. The van der Waals surface area contributed by atoms with Gasteiger partial charge >= 0.3 is 0 Å². The van der Waals surface area contributed by atoms with Gasteiger partial charge in [-0.1, -0.05) is 6.92 Å². The molecule has 13 unspecified atom stereocenters. The Morgan fingerprint density at radius 2 is 1.82 bits per heavy atom. The van der Waals surface area contributed by atoms with Crippen LogP contribution in [0.25, 0.3) is 0 Å². The van der Waals surface area contributed by atoms with Crippen molar-refractivity contribution in [1.29, 1.82) is 0 Å². The zero-order chi connectivity index (χ0) is 27.4. The van der Waals surface area contributed by atoms with Crippen molar-refractivity contribution in [3.8, 4) is 0 Å². The van der Waals surface area contributed by atoms with Crippen LogP contribution in [-0.4, -0.2) is 93.2 Å². The van der Waals surface area contributed by atoms with Crippen molar-refractivity contribution in [2.45, 2.75) is 107 Å². The lowest BCUT2D eigenvalue weighted by Crippen LogP contribution is -2.71. The Hall–Kier alpha value is -1.11. The molecule has 3 aliphatic heterocycles. The van der Waals surface area contributed by atoms with E-state index in [1.54, 1.807) is 6.08 Å². The highest BCUT2D eigenvalue weighted by Crippen LogP contribution is 2.70. The summed E-state index contributed by atoms with van der Waals surface area (Å²) in [6.07, 6.45) is 3.43. The molecule has 7 aliphatic rings. The molecule has 7 rings (SSSR count). The predicted molar refractivity (Wildman–Crippen MR) is 134 cm³/mol. The second-order valence-corrected chi connectivity index (χ2v) is 13.7. The first kappa shape index (κ1) is 26.8. The van der Waals surface area contributed by atoms with Crippen molar-refractivity contribution in [3.05, 3.63) is 11.8 Å². The molecule has 0 radical (unpaired) electrons. The van der Waals surface area contributed by atoms with E-state index in [0.29, 0.717) is 19.3 Å². The first-order valence-corrected chi connectivity index (χ1v) is 14.8. The minimum Gasteiger partial charge on any atom is -0.489 e. The van der Waals surface area contributed by atoms with Gasteiger partial charge in [-0.3, -0.25) is 4.79 Å². The Bertz CT molecular complexity index is 1050. The van der Waals surface area contributed by atoms with Crippen molar-refractivity contribution >= 4 is 5.78 Å². The molecule has 218 valence electrons. The van der Waals surface area contributed by atoms with Crippen LogP contribution >= 0.6 is 0 Å². The van der Waals surface area contributed by atoms with E-state index < -0.39 is 46.8 Å². The highest BCUT2D eigenvalue weighted by molar-refractivity contribution is 5.93. The lowest BCUT2D eigenvalue weighted by molar-refractivity contribution is -0.460. The van der Waals surface area contributed by atoms with E-state index in [-0.39, 0.29) is 61.8 Å². The van der Waals surface area contributed by atoms with Crippen LogP contribution in [0.1, 0.15) is 64.7 Å². The van der Waals surface area contributed by atoms with Crippen molar-refractivity contribution in [1.82, 2.24) is 0 Å². The molecule has 2 saturated heterocycles. The Labute approximate surface area is 228 Å². The summed E-state index contributed by atoms with van der Waals surface area (Å²) in [6, 6.07) is 0. The largest absolute Gasteiger partial charge is 0.489 e. The second-order valence-electron chi connectivity index (χ2n) is 13.7. The first-order valence-electron chi connectivity index (χ1n) is 14.8. The predicted octanol–water partition coefficient (Wildman–Crippen LogP) is 0.767. The number of aliphatic hydroxyl groups excluding tert-OH is 3. The molecule has 5 N–H and O–H groups in total. The van der Waals surface area contributed by atoms with Crippen molar-refractivity contribution in [2.75, 3.05) is 19.8 Å². The number of carbonyl (C=O) groups excluding carboxylic acids is 1. The second kappa shape index (κ2) is 8.94. The molecule has 0 spiro atoms. The van der Waals surface area contributed by atoms with Gasteiger partial charge in [0.25, 0.3) is 0 Å². The number of allylic oxidation sites excluding steroid dienone is 1. The summed E-state index contributed by atoms with van der Waals surface area (Å²) in [7, 11) is 0. The number of hydrogen-bond acceptors (Lipinski definition) is 10. The maximum absolute atomic E-state index is 12.5. The monoisotopic (exact) mass is 550 g/mol. The number of rotatable bonds is 3. The number of aliphatic hydroxyl groups is 5. The van der Waals surface area contributed by atoms with Crippen LogP contribution in [0.2, 0.25) is 0 Å². The van der Waals surface area contributed by atoms with E-state index in [0.717, 1.165) is 37.9 Å². The highest BCUT2D eigenvalue weighted by Gasteiger charge is 2.70. The highest BCUT2D eigenvalue weighted by atomic mass is 16.8. The van der Waals surface area contributed by atoms with Gasteiger partial charge in [0.05, 0.1) is 30.5 Å². The molecular formula is C29H42O10. The van der Waals surface area contributed by atoms with Crippen LogP contribution in [-0.2, 0) is 23.7 Å². The third kappa shape index (κ3) is 3.52. The molecule has 13 atom stereocenters. The summed E-state index contributed by atoms with van der Waals surface area (Å²) < 4.78 is 23.9. The Kier molecular flexibility index (Phi) is 6.14. The third-order valence-electron chi connectivity index (χ3n) is 12.3. The average molecular weight is 551 g/mol. The molecule has 4 saturated carbocycles. The van der Waals surface area contributed by atoms with E-state index in [9.17, 15) is 30.3 Å². The summed E-state index contributed by atoms with van der Waals surface area (Å²) in [4.78, 5) is 11.9. The Morgan fingerprint density at radius 1 is 1.00 bits per heavy atom. The molecule has 3 heterocycles. The molecule has 0 aromatic carbocycles. The lowest BCUT2D eigenvalue weighted by atomic mass is 9.42. The van der Waals surface area contributed by atoms with Gasteiger partial charge < -0.3 is 44.5 Å². The van der Waals surface area contributed by atoms with Gasteiger partial charge in [-0.05, 0) is 69.1 Å². The normalized spacial score (nSPS) is 56.4.